The molecule has 1 aromatic heterocycles. The Hall–Kier alpha value is -2.93. The molecule has 8 heteroatoms. The molecule has 0 saturated heterocycles. The highest BCUT2D eigenvalue weighted by atomic mass is 35.5. The van der Waals surface area contributed by atoms with Gasteiger partial charge in [0.25, 0.3) is 5.91 Å². The lowest BCUT2D eigenvalue weighted by Crippen LogP contribution is -2.14. The van der Waals surface area contributed by atoms with Gasteiger partial charge in [0.05, 0.1) is 0 Å². The van der Waals surface area contributed by atoms with Gasteiger partial charge < -0.3 is 10.6 Å². The van der Waals surface area contributed by atoms with E-state index in [2.05, 4.69) is 26.0 Å². The van der Waals surface area contributed by atoms with Crippen LogP contribution in [0.2, 0.25) is 5.02 Å². The number of aromatic nitrogens is 3. The molecule has 3 N–H and O–H groups in total. The summed E-state index contributed by atoms with van der Waals surface area (Å²) in [6.07, 6.45) is 0. The maximum Gasteiger partial charge on any atom is 0.280 e. The van der Waals surface area contributed by atoms with Crippen LogP contribution in [0, 0.1) is 12.7 Å². The molecule has 6 nitrogen and oxygen atoms in total. The Labute approximate surface area is 142 Å². The SMILES string of the molecule is Cc1ccc(NC(=O)c2n[nH]nc2Nc2ccc(F)cc2)cc1Cl. The van der Waals surface area contributed by atoms with E-state index < -0.39 is 5.91 Å². The summed E-state index contributed by atoms with van der Waals surface area (Å²) in [5, 5.41) is 16.3. The Morgan fingerprint density at radius 3 is 2.54 bits per heavy atom. The number of aryl methyl sites for hydroxylation is 1. The highest BCUT2D eigenvalue weighted by Crippen LogP contribution is 2.22. The van der Waals surface area contributed by atoms with E-state index in [4.69, 9.17) is 11.6 Å². The number of hydrogen-bond acceptors (Lipinski definition) is 4. The second-order valence-corrected chi connectivity index (χ2v) is 5.48. The predicted molar refractivity (Wildman–Crippen MR) is 90.2 cm³/mol. The standard InChI is InChI=1S/C16H13ClFN5O/c1-9-2-5-12(8-13(9)17)20-16(24)14-15(22-23-21-14)19-11-6-3-10(18)4-7-11/h2-8H,1H3,(H,20,24)(H2,19,21,22,23). The summed E-state index contributed by atoms with van der Waals surface area (Å²) in [6.45, 7) is 1.87. The van der Waals surface area contributed by atoms with Crippen molar-refractivity contribution in [2.75, 3.05) is 10.6 Å². The normalized spacial score (nSPS) is 10.5. The molecule has 3 aromatic rings. The Balaban J connectivity index is 1.77. The molecule has 0 aliphatic rings. The minimum atomic E-state index is -0.451. The van der Waals surface area contributed by atoms with E-state index >= 15 is 0 Å². The summed E-state index contributed by atoms with van der Waals surface area (Å²) in [5.41, 5.74) is 2.12. The van der Waals surface area contributed by atoms with E-state index in [1.165, 1.54) is 24.3 Å². The second kappa shape index (κ2) is 6.67. The third-order valence-electron chi connectivity index (χ3n) is 3.30. The maximum atomic E-state index is 12.9. The van der Waals surface area contributed by atoms with Crippen LogP contribution in [0.5, 0.6) is 0 Å². The van der Waals surface area contributed by atoms with Gasteiger partial charge in [-0.15, -0.1) is 10.2 Å². The van der Waals surface area contributed by atoms with Gasteiger partial charge in [0.15, 0.2) is 11.5 Å². The number of halogens is 2. The molecule has 0 fully saturated rings. The number of nitrogens with zero attached hydrogens (tertiary/aromatic N) is 2. The van der Waals surface area contributed by atoms with Crippen molar-refractivity contribution < 1.29 is 9.18 Å². The zero-order valence-corrected chi connectivity index (χ0v) is 13.4. The quantitative estimate of drug-likeness (QED) is 0.669. The predicted octanol–water partition coefficient (Wildman–Crippen LogP) is 3.90. The molecule has 0 bridgehead atoms. The van der Waals surface area contributed by atoms with Crippen molar-refractivity contribution >= 4 is 34.7 Å². The largest absolute Gasteiger partial charge is 0.337 e. The molecule has 0 saturated carbocycles. The summed E-state index contributed by atoms with van der Waals surface area (Å²) < 4.78 is 12.9. The molecule has 122 valence electrons. The van der Waals surface area contributed by atoms with Crippen LogP contribution in [0.4, 0.5) is 21.6 Å². The van der Waals surface area contributed by atoms with Crippen LogP contribution < -0.4 is 10.6 Å². The van der Waals surface area contributed by atoms with Crippen LogP contribution in [0.15, 0.2) is 42.5 Å². The third-order valence-corrected chi connectivity index (χ3v) is 3.71. The summed E-state index contributed by atoms with van der Waals surface area (Å²) in [4.78, 5) is 12.4. The summed E-state index contributed by atoms with van der Waals surface area (Å²) in [5.74, 6) is -0.569. The smallest absolute Gasteiger partial charge is 0.280 e. The first kappa shape index (κ1) is 15.9. The van der Waals surface area contributed by atoms with Crippen LogP contribution in [-0.2, 0) is 0 Å². The van der Waals surface area contributed by atoms with E-state index in [1.807, 2.05) is 6.92 Å². The molecule has 0 aliphatic carbocycles. The van der Waals surface area contributed by atoms with Crippen LogP contribution in [0.3, 0.4) is 0 Å². The van der Waals surface area contributed by atoms with E-state index in [0.717, 1.165) is 5.56 Å². The fraction of sp³-hybridized carbons (Fsp3) is 0.0625. The Morgan fingerprint density at radius 1 is 1.12 bits per heavy atom. The fourth-order valence-corrected chi connectivity index (χ4v) is 2.19. The summed E-state index contributed by atoms with van der Waals surface area (Å²) >= 11 is 6.05. The Kier molecular flexibility index (Phi) is 4.43. The molecule has 0 unspecified atom stereocenters. The molecular weight excluding hydrogens is 333 g/mol. The number of aromatic amines is 1. The minimum Gasteiger partial charge on any atom is -0.337 e. The topological polar surface area (TPSA) is 82.7 Å². The minimum absolute atomic E-state index is 0.0797. The van der Waals surface area contributed by atoms with Crippen LogP contribution in [0.25, 0.3) is 0 Å². The van der Waals surface area contributed by atoms with Crippen molar-refractivity contribution in [2.45, 2.75) is 6.92 Å². The highest BCUT2D eigenvalue weighted by Gasteiger charge is 2.17. The first-order valence-electron chi connectivity index (χ1n) is 7.04. The number of rotatable bonds is 4. The number of H-pyrrole nitrogens is 1. The van der Waals surface area contributed by atoms with Gasteiger partial charge in [-0.25, -0.2) is 4.39 Å². The van der Waals surface area contributed by atoms with E-state index in [1.54, 1.807) is 18.2 Å². The van der Waals surface area contributed by atoms with Crippen molar-refractivity contribution in [1.82, 2.24) is 15.4 Å². The molecule has 0 aliphatic heterocycles. The lowest BCUT2D eigenvalue weighted by atomic mass is 10.2. The van der Waals surface area contributed by atoms with E-state index in [9.17, 15) is 9.18 Å². The van der Waals surface area contributed by atoms with Crippen LogP contribution in [-0.4, -0.2) is 21.3 Å². The Bertz CT molecular complexity index is 878. The zero-order valence-electron chi connectivity index (χ0n) is 12.6. The molecule has 1 amide bonds. The molecule has 24 heavy (non-hydrogen) atoms. The molecule has 3 rings (SSSR count). The number of anilines is 3. The van der Waals surface area contributed by atoms with Gasteiger partial charge >= 0.3 is 0 Å². The lowest BCUT2D eigenvalue weighted by molar-refractivity contribution is 0.102. The third kappa shape index (κ3) is 3.52. The van der Waals surface area contributed by atoms with E-state index in [0.29, 0.717) is 16.4 Å². The van der Waals surface area contributed by atoms with Crippen LogP contribution in [0.1, 0.15) is 16.1 Å². The number of nitrogens with one attached hydrogen (secondary N) is 3. The zero-order chi connectivity index (χ0) is 17.1. The van der Waals surface area contributed by atoms with Crippen LogP contribution >= 0.6 is 11.6 Å². The van der Waals surface area contributed by atoms with Gasteiger partial charge in [-0.05, 0) is 48.9 Å². The molecule has 0 radical (unpaired) electrons. The van der Waals surface area contributed by atoms with Gasteiger partial charge in [-0.2, -0.15) is 5.21 Å². The monoisotopic (exact) mass is 345 g/mol. The van der Waals surface area contributed by atoms with Crippen molar-refractivity contribution in [3.63, 3.8) is 0 Å². The van der Waals surface area contributed by atoms with Crippen molar-refractivity contribution in [1.29, 1.82) is 0 Å². The lowest BCUT2D eigenvalue weighted by Gasteiger charge is -2.07. The second-order valence-electron chi connectivity index (χ2n) is 5.07. The van der Waals surface area contributed by atoms with Crippen molar-refractivity contribution in [2.24, 2.45) is 0 Å². The highest BCUT2D eigenvalue weighted by molar-refractivity contribution is 6.31. The van der Waals surface area contributed by atoms with Gasteiger partial charge in [0.2, 0.25) is 0 Å². The van der Waals surface area contributed by atoms with Gasteiger partial charge in [-0.1, -0.05) is 17.7 Å². The number of hydrogen-bond donors (Lipinski definition) is 3. The van der Waals surface area contributed by atoms with Gasteiger partial charge in [0, 0.05) is 16.4 Å². The molecule has 2 aromatic carbocycles. The van der Waals surface area contributed by atoms with Crippen molar-refractivity contribution in [3.8, 4) is 0 Å². The summed E-state index contributed by atoms with van der Waals surface area (Å²) in [7, 11) is 0. The fourth-order valence-electron chi connectivity index (χ4n) is 2.01. The average Bonchev–Trinajstić information content (AvgIpc) is 3.01. The molecule has 0 spiro atoms. The molecule has 1 heterocycles. The van der Waals surface area contributed by atoms with Crippen molar-refractivity contribution in [3.05, 3.63) is 64.6 Å². The van der Waals surface area contributed by atoms with Gasteiger partial charge in [-0.3, -0.25) is 4.79 Å². The molecule has 0 atom stereocenters. The van der Waals surface area contributed by atoms with E-state index in [-0.39, 0.29) is 17.3 Å². The number of amides is 1. The first-order valence-corrected chi connectivity index (χ1v) is 7.41. The number of carbonyl (C=O) groups is 1. The first-order chi connectivity index (χ1) is 11.5. The molecular formula is C16H13ClFN5O. The Morgan fingerprint density at radius 2 is 1.83 bits per heavy atom. The maximum absolute atomic E-state index is 12.9. The number of carbonyl (C=O) groups excluding carboxylic acids is 1. The summed E-state index contributed by atoms with van der Waals surface area (Å²) in [6, 6.07) is 10.9. The van der Waals surface area contributed by atoms with Gasteiger partial charge in [0.1, 0.15) is 5.82 Å². The average molecular weight is 346 g/mol. The number of benzene rings is 2.